The fourth-order valence-corrected chi connectivity index (χ4v) is 9.37. The molecule has 4 heterocycles. The number of benzene rings is 2. The van der Waals surface area contributed by atoms with Crippen LogP contribution < -0.4 is 30.4 Å². The maximum atomic E-state index is 14.1. The van der Waals surface area contributed by atoms with Gasteiger partial charge in [0, 0.05) is 60.9 Å². The summed E-state index contributed by atoms with van der Waals surface area (Å²) in [5.74, 6) is -1.19. The Morgan fingerprint density at radius 2 is 1.73 bits per heavy atom. The van der Waals surface area contributed by atoms with Crippen molar-refractivity contribution in [3.63, 3.8) is 0 Å². The first kappa shape index (κ1) is 48.4. The van der Waals surface area contributed by atoms with Crippen LogP contribution in [0.4, 0.5) is 8.78 Å². The van der Waals surface area contributed by atoms with Gasteiger partial charge < -0.3 is 33.8 Å². The van der Waals surface area contributed by atoms with E-state index in [0.29, 0.717) is 75.3 Å². The van der Waals surface area contributed by atoms with E-state index in [2.05, 4.69) is 15.5 Å². The highest BCUT2D eigenvalue weighted by Crippen LogP contribution is 2.44. The molecule has 14 nitrogen and oxygen atoms in total. The molecule has 3 aliphatic heterocycles. The van der Waals surface area contributed by atoms with E-state index < -0.39 is 18.0 Å². The molecule has 3 atom stereocenters. The first-order valence-electron chi connectivity index (χ1n) is 20.9. The Balaban J connectivity index is 0.000000242. The fraction of sp³-hybridized carbons (Fsp3) is 0.533. The minimum Gasteiger partial charge on any atom is -0.496 e. The van der Waals surface area contributed by atoms with Gasteiger partial charge in [0.1, 0.15) is 29.8 Å². The molecule has 17 heteroatoms. The SMILES string of the molecule is CNC1CCN(CCCCCOc2ccc(C=O)c(CN(C)C3CCC(=O)NC3=O)c2)CC1(F)F.COc1cc(-c2cn(C)c(=O)c3c2SC(C=O)C3)cc(OC)c1CN(C)C. The Morgan fingerprint density at radius 1 is 1.00 bits per heavy atom. The molecule has 3 aromatic rings. The highest BCUT2D eigenvalue weighted by molar-refractivity contribution is 8.01. The van der Waals surface area contributed by atoms with Crippen LogP contribution in [0.3, 0.4) is 0 Å². The molecule has 0 radical (unpaired) electrons. The number of hydrogen-bond acceptors (Lipinski definition) is 13. The summed E-state index contributed by atoms with van der Waals surface area (Å²) in [7, 11) is 12.4. The van der Waals surface area contributed by atoms with Crippen LogP contribution in [0.5, 0.6) is 17.2 Å². The van der Waals surface area contributed by atoms with E-state index in [1.54, 1.807) is 58.1 Å². The highest BCUT2D eigenvalue weighted by atomic mass is 32.2. The Kier molecular flexibility index (Phi) is 17.2. The summed E-state index contributed by atoms with van der Waals surface area (Å²) in [5, 5.41) is 4.85. The van der Waals surface area contributed by atoms with Gasteiger partial charge in [-0.1, -0.05) is 0 Å². The van der Waals surface area contributed by atoms with Crippen LogP contribution in [0, 0.1) is 0 Å². The van der Waals surface area contributed by atoms with Gasteiger partial charge in [0.2, 0.25) is 11.8 Å². The van der Waals surface area contributed by atoms with Gasteiger partial charge >= 0.3 is 0 Å². The van der Waals surface area contributed by atoms with Crippen molar-refractivity contribution in [2.24, 2.45) is 7.05 Å². The molecule has 6 rings (SSSR count). The molecule has 2 aromatic carbocycles. The zero-order valence-electron chi connectivity index (χ0n) is 36.8. The maximum absolute atomic E-state index is 14.1. The summed E-state index contributed by atoms with van der Waals surface area (Å²) in [6, 6.07) is 8.01. The molecule has 1 aromatic heterocycles. The van der Waals surface area contributed by atoms with Crippen molar-refractivity contribution in [2.75, 3.05) is 68.7 Å². The minimum absolute atomic E-state index is 0.0474. The van der Waals surface area contributed by atoms with E-state index in [-0.39, 0.29) is 29.2 Å². The number of hydrogen-bond donors (Lipinski definition) is 2. The number of likely N-dealkylation sites (N-methyl/N-ethyl adjacent to an activating group) is 1. The predicted molar refractivity (Wildman–Crippen MR) is 235 cm³/mol. The van der Waals surface area contributed by atoms with E-state index in [4.69, 9.17) is 14.2 Å². The van der Waals surface area contributed by atoms with E-state index in [1.807, 2.05) is 42.2 Å². The number of rotatable bonds is 18. The first-order valence-corrected chi connectivity index (χ1v) is 21.8. The number of aryl methyl sites for hydroxylation is 1. The van der Waals surface area contributed by atoms with Crippen LogP contribution in [0.2, 0.25) is 0 Å². The Hall–Kier alpha value is -4.68. The number of aldehydes is 2. The van der Waals surface area contributed by atoms with Crippen molar-refractivity contribution in [2.45, 2.75) is 86.2 Å². The molecule has 62 heavy (non-hydrogen) atoms. The quantitative estimate of drug-likeness (QED) is 0.105. The fourth-order valence-electron chi connectivity index (χ4n) is 8.15. The molecule has 2 saturated heterocycles. The second-order valence-corrected chi connectivity index (χ2v) is 17.5. The molecule has 3 aliphatic rings. The molecule has 3 unspecified atom stereocenters. The number of carbonyl (C=O) groups is 4. The molecule has 0 bridgehead atoms. The Labute approximate surface area is 366 Å². The lowest BCUT2D eigenvalue weighted by atomic mass is 10.0. The summed E-state index contributed by atoms with van der Waals surface area (Å²) >= 11 is 1.45. The number of amides is 2. The van der Waals surface area contributed by atoms with Crippen molar-refractivity contribution in [1.82, 2.24) is 29.9 Å². The van der Waals surface area contributed by atoms with Crippen LogP contribution in [-0.4, -0.2) is 136 Å². The highest BCUT2D eigenvalue weighted by Gasteiger charge is 2.43. The number of halogens is 2. The zero-order chi connectivity index (χ0) is 45.1. The van der Waals surface area contributed by atoms with Gasteiger partial charge in [-0.3, -0.25) is 34.3 Å². The second kappa shape index (κ2) is 22.1. The number of methoxy groups -OCH3 is 2. The third-order valence-electron chi connectivity index (χ3n) is 11.5. The van der Waals surface area contributed by atoms with Crippen LogP contribution in [-0.2, 0) is 40.9 Å². The average molecular weight is 883 g/mol. The Bertz CT molecular complexity index is 2110. The number of piperidine rings is 2. The molecule has 2 amide bonds. The third kappa shape index (κ3) is 12.1. The molecule has 2 N–H and O–H groups in total. The number of imide groups is 1. The molecular weight excluding hydrogens is 823 g/mol. The number of unbranched alkanes of at least 4 members (excludes halogenated alkanes) is 2. The van der Waals surface area contributed by atoms with Gasteiger partial charge in [-0.2, -0.15) is 0 Å². The minimum atomic E-state index is -2.70. The van der Waals surface area contributed by atoms with Crippen LogP contribution in [0.25, 0.3) is 11.1 Å². The predicted octanol–water partition coefficient (Wildman–Crippen LogP) is 4.56. The standard InChI is InChI=1S/C25H36F2N4O4.C20H24N2O4S/c1-28-22-10-12-31(17-25(22,26)27)11-4-3-5-13-35-20-7-6-18(16-32)19(14-20)15-30(2)21-8-9-23(33)29-24(21)34;1-21(2)9-16-17(25-4)6-12(7-18(16)26-5)15-10-22(3)20(24)14-8-13(11-23)27-19(14)15/h6-7,14,16,21-22,28H,3-5,8-13,15,17H2,1-2H3,(H,29,33,34);6-7,10-11,13H,8-9H2,1-5H3. The number of alkyl halides is 2. The number of likely N-dealkylation sites (tertiary alicyclic amines) is 1. The Morgan fingerprint density at radius 3 is 2.34 bits per heavy atom. The van der Waals surface area contributed by atoms with Gasteiger partial charge in [-0.05, 0) is 115 Å². The first-order chi connectivity index (χ1) is 29.6. The van der Waals surface area contributed by atoms with Gasteiger partial charge in [-0.25, -0.2) is 8.78 Å². The lowest BCUT2D eigenvalue weighted by molar-refractivity contribution is -0.137. The number of ether oxygens (including phenoxy) is 3. The summed E-state index contributed by atoms with van der Waals surface area (Å²) < 4.78 is 46.8. The van der Waals surface area contributed by atoms with Gasteiger partial charge in [-0.15, -0.1) is 11.8 Å². The van der Waals surface area contributed by atoms with E-state index in [0.717, 1.165) is 70.5 Å². The van der Waals surface area contributed by atoms with E-state index in [9.17, 15) is 32.8 Å². The summed E-state index contributed by atoms with van der Waals surface area (Å²) in [6.07, 6.45) is 7.66. The number of nitrogens with one attached hydrogen (secondary N) is 2. The van der Waals surface area contributed by atoms with Crippen molar-refractivity contribution in [1.29, 1.82) is 0 Å². The van der Waals surface area contributed by atoms with Gasteiger partial charge in [0.15, 0.2) is 0 Å². The number of fused-ring (bicyclic) bond motifs is 1. The van der Waals surface area contributed by atoms with Crippen LogP contribution in [0.1, 0.15) is 65.6 Å². The molecule has 0 saturated carbocycles. The summed E-state index contributed by atoms with van der Waals surface area (Å²) in [5.41, 5.74) is 4.70. The average Bonchev–Trinajstić information content (AvgIpc) is 3.68. The molecule has 2 fully saturated rings. The number of carbonyl (C=O) groups excluding carboxylic acids is 4. The monoisotopic (exact) mass is 882 g/mol. The number of thioether (sulfide) groups is 1. The van der Waals surface area contributed by atoms with Crippen LogP contribution >= 0.6 is 11.8 Å². The van der Waals surface area contributed by atoms with Crippen molar-refractivity contribution < 1.29 is 42.2 Å². The number of pyridine rings is 1. The number of nitrogens with zero attached hydrogens (tertiary/aromatic N) is 4. The van der Waals surface area contributed by atoms with Crippen molar-refractivity contribution >= 4 is 36.1 Å². The molecular formula is C45H60F2N6O8S. The van der Waals surface area contributed by atoms with Gasteiger partial charge in [0.25, 0.3) is 11.5 Å². The summed E-state index contributed by atoms with van der Waals surface area (Å²) in [4.78, 5) is 65.4. The van der Waals surface area contributed by atoms with Gasteiger partial charge in [0.05, 0.1) is 50.3 Å². The van der Waals surface area contributed by atoms with E-state index in [1.165, 1.54) is 11.8 Å². The molecule has 0 aliphatic carbocycles. The topological polar surface area (TPSA) is 152 Å². The van der Waals surface area contributed by atoms with Crippen molar-refractivity contribution in [3.05, 3.63) is 69.1 Å². The van der Waals surface area contributed by atoms with E-state index >= 15 is 0 Å². The van der Waals surface area contributed by atoms with Crippen LogP contribution in [0.15, 0.2) is 46.2 Å². The lowest BCUT2D eigenvalue weighted by Gasteiger charge is -2.38. The second-order valence-electron chi connectivity index (χ2n) is 16.3. The normalized spacial score (nSPS) is 19.7. The largest absolute Gasteiger partial charge is 0.496 e. The van der Waals surface area contributed by atoms with Crippen molar-refractivity contribution in [3.8, 4) is 28.4 Å². The molecule has 0 spiro atoms. The smallest absolute Gasteiger partial charge is 0.275 e. The number of aromatic nitrogens is 1. The summed E-state index contributed by atoms with van der Waals surface area (Å²) in [6.45, 7) is 2.66. The maximum Gasteiger partial charge on any atom is 0.275 e. The molecule has 338 valence electrons. The lowest BCUT2D eigenvalue weighted by Crippen LogP contribution is -2.56. The third-order valence-corrected chi connectivity index (χ3v) is 12.7. The zero-order valence-corrected chi connectivity index (χ0v) is 37.6.